The van der Waals surface area contributed by atoms with Crippen LogP contribution in [0.2, 0.25) is 0 Å². The molecule has 1 saturated heterocycles. The molecule has 1 spiro atoms. The summed E-state index contributed by atoms with van der Waals surface area (Å²) in [6, 6.07) is 0.486. The third kappa shape index (κ3) is 3.92. The van der Waals surface area contributed by atoms with E-state index in [2.05, 4.69) is 17.1 Å². The van der Waals surface area contributed by atoms with Crippen molar-refractivity contribution in [1.82, 2.24) is 10.2 Å². The average Bonchev–Trinajstić information content (AvgIpc) is 2.76. The van der Waals surface area contributed by atoms with Crippen molar-refractivity contribution in [3.63, 3.8) is 0 Å². The van der Waals surface area contributed by atoms with Gasteiger partial charge in [-0.05, 0) is 32.7 Å². The highest BCUT2D eigenvalue weighted by Crippen LogP contribution is 2.32. The zero-order valence-electron chi connectivity index (χ0n) is 12.3. The number of sulfone groups is 1. The summed E-state index contributed by atoms with van der Waals surface area (Å²) in [5, 5.41) is 3.74. The van der Waals surface area contributed by atoms with E-state index >= 15 is 0 Å². The zero-order valence-corrected chi connectivity index (χ0v) is 13.1. The van der Waals surface area contributed by atoms with Gasteiger partial charge in [0.25, 0.3) is 0 Å². The van der Waals surface area contributed by atoms with Gasteiger partial charge >= 0.3 is 0 Å². The van der Waals surface area contributed by atoms with Crippen LogP contribution in [-0.4, -0.2) is 56.0 Å². The van der Waals surface area contributed by atoms with E-state index in [0.29, 0.717) is 18.3 Å². The Bertz CT molecular complexity index is 388. The third-order valence-corrected chi connectivity index (χ3v) is 6.57. The van der Waals surface area contributed by atoms with Crippen molar-refractivity contribution in [3.8, 4) is 0 Å². The maximum absolute atomic E-state index is 11.7. The summed E-state index contributed by atoms with van der Waals surface area (Å²) in [5.74, 6) is 0.572. The lowest BCUT2D eigenvalue weighted by molar-refractivity contribution is 0.177. The fraction of sp³-hybridized carbons (Fsp3) is 1.00. The molecule has 112 valence electrons. The fourth-order valence-electron chi connectivity index (χ4n) is 3.42. The minimum absolute atomic E-state index is 0.263. The highest BCUT2D eigenvalue weighted by molar-refractivity contribution is 7.91. The first-order valence-electron chi connectivity index (χ1n) is 7.66. The lowest BCUT2D eigenvalue weighted by Gasteiger charge is -2.35. The van der Waals surface area contributed by atoms with Gasteiger partial charge in [-0.25, -0.2) is 8.42 Å². The van der Waals surface area contributed by atoms with Gasteiger partial charge in [0, 0.05) is 30.4 Å². The molecule has 1 aliphatic heterocycles. The zero-order chi connectivity index (χ0) is 13.9. The average molecular weight is 288 g/mol. The summed E-state index contributed by atoms with van der Waals surface area (Å²) >= 11 is 0. The van der Waals surface area contributed by atoms with Crippen LogP contribution in [-0.2, 0) is 9.84 Å². The van der Waals surface area contributed by atoms with E-state index in [1.165, 1.54) is 25.7 Å². The molecule has 0 aromatic rings. The highest BCUT2D eigenvalue weighted by atomic mass is 32.2. The van der Waals surface area contributed by atoms with Crippen molar-refractivity contribution in [2.75, 3.05) is 31.1 Å². The van der Waals surface area contributed by atoms with Crippen molar-refractivity contribution in [2.45, 2.75) is 57.5 Å². The van der Waals surface area contributed by atoms with Crippen LogP contribution in [0.1, 0.15) is 46.0 Å². The third-order valence-electron chi connectivity index (χ3n) is 4.88. The van der Waals surface area contributed by atoms with Gasteiger partial charge in [0.2, 0.25) is 0 Å². The second-order valence-electron chi connectivity index (χ2n) is 6.26. The van der Waals surface area contributed by atoms with Crippen LogP contribution in [0.5, 0.6) is 0 Å². The summed E-state index contributed by atoms with van der Waals surface area (Å²) in [5.41, 5.74) is 0.265. The number of hydrogen-bond donors (Lipinski definition) is 1. The largest absolute Gasteiger partial charge is 0.310 e. The highest BCUT2D eigenvalue weighted by Gasteiger charge is 2.38. The molecule has 1 atom stereocenters. The van der Waals surface area contributed by atoms with Crippen LogP contribution in [0.15, 0.2) is 0 Å². The molecule has 1 saturated carbocycles. The molecule has 1 heterocycles. The Morgan fingerprint density at radius 3 is 2.63 bits per heavy atom. The minimum Gasteiger partial charge on any atom is -0.310 e. The lowest BCUT2D eigenvalue weighted by Crippen LogP contribution is -2.51. The van der Waals surface area contributed by atoms with Crippen molar-refractivity contribution in [2.24, 2.45) is 0 Å². The predicted molar refractivity (Wildman–Crippen MR) is 79.2 cm³/mol. The Hall–Kier alpha value is -0.130. The number of nitrogens with one attached hydrogen (secondary N) is 1. The van der Waals surface area contributed by atoms with Crippen molar-refractivity contribution in [3.05, 3.63) is 0 Å². The molecule has 1 unspecified atom stereocenters. The van der Waals surface area contributed by atoms with Crippen LogP contribution in [0.3, 0.4) is 0 Å². The second-order valence-corrected chi connectivity index (χ2v) is 8.73. The molecular weight excluding hydrogens is 260 g/mol. The van der Waals surface area contributed by atoms with E-state index in [9.17, 15) is 8.42 Å². The molecule has 5 heteroatoms. The molecule has 0 amide bonds. The molecule has 0 bridgehead atoms. The summed E-state index contributed by atoms with van der Waals surface area (Å²) < 4.78 is 23.4. The molecule has 2 aliphatic rings. The van der Waals surface area contributed by atoms with E-state index in [1.807, 2.05) is 0 Å². The predicted octanol–water partition coefficient (Wildman–Crippen LogP) is 1.42. The molecule has 1 aliphatic carbocycles. The van der Waals surface area contributed by atoms with Gasteiger partial charge in [-0.3, -0.25) is 4.90 Å². The van der Waals surface area contributed by atoms with Crippen LogP contribution in [0.4, 0.5) is 0 Å². The Kier molecular flexibility index (Phi) is 4.90. The summed E-state index contributed by atoms with van der Waals surface area (Å²) in [6.45, 7) is 6.75. The van der Waals surface area contributed by atoms with Gasteiger partial charge < -0.3 is 5.32 Å². The molecule has 1 N–H and O–H groups in total. The Balaban J connectivity index is 2.00. The number of rotatable bonds is 4. The monoisotopic (exact) mass is 288 g/mol. The number of nitrogens with zero attached hydrogens (tertiary/aromatic N) is 1. The topological polar surface area (TPSA) is 49.4 Å². The van der Waals surface area contributed by atoms with E-state index < -0.39 is 9.84 Å². The van der Waals surface area contributed by atoms with Crippen LogP contribution < -0.4 is 5.32 Å². The molecule has 2 rings (SSSR count). The van der Waals surface area contributed by atoms with E-state index in [1.54, 1.807) is 6.92 Å². The first kappa shape index (κ1) is 15.3. The Morgan fingerprint density at radius 1 is 1.32 bits per heavy atom. The maximum Gasteiger partial charge on any atom is 0.151 e. The fourth-order valence-corrected chi connectivity index (χ4v) is 4.22. The first-order valence-corrected chi connectivity index (χ1v) is 9.48. The standard InChI is InChI=1S/C14H28N2O2S/c1-3-19(17,18)11-10-16-12-14(7-4-5-8-14)15-9-6-13(16)2/h13,15H,3-12H2,1-2H3. The molecule has 0 aromatic carbocycles. The number of hydrogen-bond acceptors (Lipinski definition) is 4. The second kappa shape index (κ2) is 6.10. The molecule has 4 nitrogen and oxygen atoms in total. The van der Waals surface area contributed by atoms with Crippen LogP contribution >= 0.6 is 0 Å². The smallest absolute Gasteiger partial charge is 0.151 e. The van der Waals surface area contributed by atoms with E-state index in [-0.39, 0.29) is 11.3 Å². The first-order chi connectivity index (χ1) is 8.96. The van der Waals surface area contributed by atoms with Gasteiger partial charge in [0.05, 0.1) is 5.75 Å². The maximum atomic E-state index is 11.7. The Labute approximate surface area is 117 Å². The summed E-state index contributed by atoms with van der Waals surface area (Å²) in [6.07, 6.45) is 6.23. The van der Waals surface area contributed by atoms with Crippen molar-refractivity contribution >= 4 is 9.84 Å². The van der Waals surface area contributed by atoms with Crippen LogP contribution in [0, 0.1) is 0 Å². The van der Waals surface area contributed by atoms with E-state index in [0.717, 1.165) is 19.5 Å². The van der Waals surface area contributed by atoms with E-state index in [4.69, 9.17) is 0 Å². The van der Waals surface area contributed by atoms with Crippen LogP contribution in [0.25, 0.3) is 0 Å². The van der Waals surface area contributed by atoms with Gasteiger partial charge in [-0.15, -0.1) is 0 Å². The van der Waals surface area contributed by atoms with Gasteiger partial charge in [-0.2, -0.15) is 0 Å². The normalized spacial score (nSPS) is 28.6. The SMILES string of the molecule is CCS(=O)(=O)CCN1CC2(CCCC2)NCCC1C. The lowest BCUT2D eigenvalue weighted by atomic mass is 9.97. The molecule has 19 heavy (non-hydrogen) atoms. The minimum atomic E-state index is -2.85. The molecular formula is C14H28N2O2S. The van der Waals surface area contributed by atoms with Gasteiger partial charge in [-0.1, -0.05) is 19.8 Å². The van der Waals surface area contributed by atoms with Gasteiger partial charge in [0.15, 0.2) is 9.84 Å². The summed E-state index contributed by atoms with van der Waals surface area (Å²) in [7, 11) is -2.85. The molecule has 2 fully saturated rings. The Morgan fingerprint density at radius 2 is 2.00 bits per heavy atom. The van der Waals surface area contributed by atoms with Crippen molar-refractivity contribution < 1.29 is 8.42 Å². The molecule has 0 aromatic heterocycles. The molecule has 0 radical (unpaired) electrons. The quantitative estimate of drug-likeness (QED) is 0.850. The van der Waals surface area contributed by atoms with Crippen molar-refractivity contribution in [1.29, 1.82) is 0 Å². The van der Waals surface area contributed by atoms with Gasteiger partial charge in [0.1, 0.15) is 0 Å². The summed E-state index contributed by atoms with van der Waals surface area (Å²) in [4.78, 5) is 2.40.